The van der Waals surface area contributed by atoms with Crippen LogP contribution in [-0.4, -0.2) is 58.9 Å². The second-order valence-electron chi connectivity index (χ2n) is 5.53. The number of rotatable bonds is 8. The monoisotopic (exact) mass is 330 g/mol. The van der Waals surface area contributed by atoms with E-state index in [9.17, 15) is 14.4 Å². The van der Waals surface area contributed by atoms with Crippen molar-refractivity contribution in [3.8, 4) is 0 Å². The number of nitrogens with zero attached hydrogens (tertiary/aromatic N) is 1. The molecule has 0 bridgehead atoms. The number of hydrogen-bond acceptors (Lipinski definition) is 4. The summed E-state index contributed by atoms with van der Waals surface area (Å²) in [4.78, 5) is 36.8. The first-order valence-electron chi connectivity index (χ1n) is 7.83. The first-order valence-corrected chi connectivity index (χ1v) is 9.23. The van der Waals surface area contributed by atoms with Gasteiger partial charge in [0.15, 0.2) is 0 Å². The fraction of sp³-hybridized carbons (Fsp3) is 0.800. The Labute approximate surface area is 136 Å². The summed E-state index contributed by atoms with van der Waals surface area (Å²) >= 11 is 1.54. The molecule has 2 N–H and O–H groups in total. The third-order valence-electron chi connectivity index (χ3n) is 3.77. The summed E-state index contributed by atoms with van der Waals surface area (Å²) < 4.78 is 0. The van der Waals surface area contributed by atoms with E-state index in [1.54, 1.807) is 0 Å². The van der Waals surface area contributed by atoms with Gasteiger partial charge in [0.1, 0.15) is 6.04 Å². The van der Waals surface area contributed by atoms with Crippen molar-refractivity contribution in [1.29, 1.82) is 0 Å². The lowest BCUT2D eigenvalue weighted by Crippen LogP contribution is -2.41. The molecule has 22 heavy (non-hydrogen) atoms. The van der Waals surface area contributed by atoms with Crippen LogP contribution >= 0.6 is 11.8 Å². The van der Waals surface area contributed by atoms with Crippen molar-refractivity contribution in [2.45, 2.75) is 51.0 Å². The minimum atomic E-state index is -1.03. The van der Waals surface area contributed by atoms with Gasteiger partial charge in [0, 0.05) is 25.9 Å². The Morgan fingerprint density at radius 3 is 2.32 bits per heavy atom. The normalized spacial score (nSPS) is 16.7. The first kappa shape index (κ1) is 18.8. The summed E-state index contributed by atoms with van der Waals surface area (Å²) in [6, 6.07) is -0.867. The van der Waals surface area contributed by atoms with E-state index in [1.165, 1.54) is 11.8 Å². The molecule has 1 rings (SSSR count). The van der Waals surface area contributed by atoms with Crippen LogP contribution in [0.25, 0.3) is 0 Å². The van der Waals surface area contributed by atoms with E-state index in [1.807, 2.05) is 11.2 Å². The Morgan fingerprint density at radius 1 is 1.14 bits per heavy atom. The molecule has 0 aromatic rings. The zero-order valence-electron chi connectivity index (χ0n) is 13.2. The number of hydrogen-bond donors (Lipinski definition) is 2. The van der Waals surface area contributed by atoms with Crippen molar-refractivity contribution in [2.24, 2.45) is 0 Å². The van der Waals surface area contributed by atoms with Crippen LogP contribution in [0.2, 0.25) is 0 Å². The molecule has 7 heteroatoms. The molecule has 0 saturated carbocycles. The van der Waals surface area contributed by atoms with Gasteiger partial charge >= 0.3 is 5.97 Å². The van der Waals surface area contributed by atoms with Crippen molar-refractivity contribution in [3.05, 3.63) is 0 Å². The highest BCUT2D eigenvalue weighted by atomic mass is 32.2. The van der Waals surface area contributed by atoms with Gasteiger partial charge in [0.25, 0.3) is 0 Å². The minimum Gasteiger partial charge on any atom is -0.480 e. The summed E-state index contributed by atoms with van der Waals surface area (Å²) in [5, 5.41) is 11.6. The summed E-state index contributed by atoms with van der Waals surface area (Å²) in [5.41, 5.74) is 0. The highest BCUT2D eigenvalue weighted by Crippen LogP contribution is 2.11. The maximum atomic E-state index is 12.1. The predicted octanol–water partition coefficient (Wildman–Crippen LogP) is 1.49. The Bertz CT molecular complexity index is 382. The molecule has 1 aliphatic heterocycles. The third-order valence-corrected chi connectivity index (χ3v) is 4.41. The Balaban J connectivity index is 2.33. The van der Waals surface area contributed by atoms with E-state index >= 15 is 0 Å². The van der Waals surface area contributed by atoms with Gasteiger partial charge in [-0.1, -0.05) is 12.8 Å². The highest BCUT2D eigenvalue weighted by molar-refractivity contribution is 7.98. The number of carboxylic acid groups (broad SMARTS) is 1. The molecule has 1 saturated heterocycles. The molecule has 1 fully saturated rings. The van der Waals surface area contributed by atoms with Crippen LogP contribution in [0.5, 0.6) is 0 Å². The molecule has 0 spiro atoms. The predicted molar refractivity (Wildman–Crippen MR) is 86.8 cm³/mol. The van der Waals surface area contributed by atoms with Crippen LogP contribution in [0.1, 0.15) is 44.9 Å². The molecule has 1 aliphatic rings. The van der Waals surface area contributed by atoms with E-state index in [-0.39, 0.29) is 24.7 Å². The molecule has 0 aliphatic carbocycles. The average Bonchev–Trinajstić information content (AvgIpc) is 2.77. The maximum absolute atomic E-state index is 12.1. The zero-order chi connectivity index (χ0) is 16.4. The number of carbonyl (C=O) groups is 3. The molecular formula is C15H26N2O4S. The Morgan fingerprint density at radius 2 is 1.77 bits per heavy atom. The van der Waals surface area contributed by atoms with E-state index < -0.39 is 12.0 Å². The van der Waals surface area contributed by atoms with Crippen LogP contribution < -0.4 is 5.32 Å². The van der Waals surface area contributed by atoms with Crippen molar-refractivity contribution in [2.75, 3.05) is 25.1 Å². The second-order valence-corrected chi connectivity index (χ2v) is 6.52. The van der Waals surface area contributed by atoms with Gasteiger partial charge in [-0.3, -0.25) is 9.59 Å². The van der Waals surface area contributed by atoms with Crippen molar-refractivity contribution in [3.63, 3.8) is 0 Å². The highest BCUT2D eigenvalue weighted by Gasteiger charge is 2.21. The average molecular weight is 330 g/mol. The molecule has 126 valence electrons. The maximum Gasteiger partial charge on any atom is 0.326 e. The molecular weight excluding hydrogens is 304 g/mol. The minimum absolute atomic E-state index is 0.00645. The van der Waals surface area contributed by atoms with Gasteiger partial charge in [0.05, 0.1) is 0 Å². The summed E-state index contributed by atoms with van der Waals surface area (Å²) in [6.45, 7) is 1.54. The molecule has 0 aromatic carbocycles. The summed E-state index contributed by atoms with van der Waals surface area (Å²) in [6.07, 6.45) is 6.84. The van der Waals surface area contributed by atoms with Crippen LogP contribution in [0, 0.1) is 0 Å². The lowest BCUT2D eigenvalue weighted by Gasteiger charge is -2.20. The van der Waals surface area contributed by atoms with E-state index in [0.29, 0.717) is 12.2 Å². The van der Waals surface area contributed by atoms with Crippen LogP contribution in [0.4, 0.5) is 0 Å². The number of thioether (sulfide) groups is 1. The van der Waals surface area contributed by atoms with E-state index in [0.717, 1.165) is 38.8 Å². The molecule has 6 nitrogen and oxygen atoms in total. The van der Waals surface area contributed by atoms with E-state index in [2.05, 4.69) is 5.32 Å². The molecule has 0 aromatic heterocycles. The molecule has 2 amide bonds. The number of likely N-dealkylation sites (tertiary alicyclic amines) is 1. The third kappa shape index (κ3) is 7.15. The largest absolute Gasteiger partial charge is 0.480 e. The molecule has 0 radical (unpaired) electrons. The van der Waals surface area contributed by atoms with Gasteiger partial charge in [-0.2, -0.15) is 11.8 Å². The van der Waals surface area contributed by atoms with Gasteiger partial charge in [-0.15, -0.1) is 0 Å². The number of nitrogens with one attached hydrogen (secondary N) is 1. The number of aliphatic carboxylic acids is 1. The smallest absolute Gasteiger partial charge is 0.326 e. The zero-order valence-corrected chi connectivity index (χ0v) is 14.0. The lowest BCUT2D eigenvalue weighted by atomic mass is 10.2. The van der Waals surface area contributed by atoms with Crippen LogP contribution in [0.15, 0.2) is 0 Å². The fourth-order valence-electron chi connectivity index (χ4n) is 2.46. The lowest BCUT2D eigenvalue weighted by molar-refractivity contribution is -0.142. The van der Waals surface area contributed by atoms with Gasteiger partial charge in [-0.05, 0) is 31.3 Å². The Hall–Kier alpha value is -1.24. The van der Waals surface area contributed by atoms with Crippen molar-refractivity contribution in [1.82, 2.24) is 10.2 Å². The fourth-order valence-corrected chi connectivity index (χ4v) is 2.93. The molecule has 1 atom stereocenters. The molecule has 0 unspecified atom stereocenters. The topological polar surface area (TPSA) is 86.7 Å². The molecule has 1 heterocycles. The summed E-state index contributed by atoms with van der Waals surface area (Å²) in [5.74, 6) is -0.727. The van der Waals surface area contributed by atoms with Crippen molar-refractivity contribution >= 4 is 29.5 Å². The van der Waals surface area contributed by atoms with Gasteiger partial charge in [0.2, 0.25) is 11.8 Å². The van der Waals surface area contributed by atoms with Crippen LogP contribution in [0.3, 0.4) is 0 Å². The summed E-state index contributed by atoms with van der Waals surface area (Å²) in [7, 11) is 0. The number of carbonyl (C=O) groups excluding carboxylic acids is 2. The van der Waals surface area contributed by atoms with E-state index in [4.69, 9.17) is 5.11 Å². The van der Waals surface area contributed by atoms with Crippen molar-refractivity contribution < 1.29 is 19.5 Å². The quantitative estimate of drug-likeness (QED) is 0.704. The SMILES string of the molecule is CSCC[C@@H](NC(=O)CCC(=O)N1CCCCCC1)C(=O)O. The van der Waals surface area contributed by atoms with Gasteiger partial charge in [-0.25, -0.2) is 4.79 Å². The number of carboxylic acids is 1. The standard InChI is InChI=1S/C15H26N2O4S/c1-22-11-8-12(15(20)21)16-13(18)6-7-14(19)17-9-4-2-3-5-10-17/h12H,2-11H2,1H3,(H,16,18)(H,20,21)/t12-/m1/s1. The second kappa shape index (κ2) is 10.5. The van der Waals surface area contributed by atoms with Crippen LogP contribution in [-0.2, 0) is 14.4 Å². The first-order chi connectivity index (χ1) is 10.5. The Kier molecular flexibility index (Phi) is 8.96. The number of amides is 2. The van der Waals surface area contributed by atoms with Gasteiger partial charge < -0.3 is 15.3 Å².